The molecule has 1 aromatic heterocycles. The van der Waals surface area contributed by atoms with Crippen molar-refractivity contribution in [2.24, 2.45) is 0 Å². The molecule has 1 saturated heterocycles. The molecule has 0 spiro atoms. The van der Waals surface area contributed by atoms with Crippen molar-refractivity contribution >= 4 is 21.2 Å². The van der Waals surface area contributed by atoms with Gasteiger partial charge >= 0.3 is 0 Å². The van der Waals surface area contributed by atoms with E-state index in [1.807, 2.05) is 6.92 Å². The minimum Gasteiger partial charge on any atom is -0.389 e. The fraction of sp³-hybridized carbons (Fsp3) is 0.700. The number of thiazole rings is 1. The Bertz CT molecular complexity index is 464. The largest absolute Gasteiger partial charge is 0.389 e. The number of hydrogen-bond acceptors (Lipinski definition) is 5. The first-order chi connectivity index (χ1) is 7.52. The van der Waals surface area contributed by atoms with Crippen molar-refractivity contribution in [3.8, 4) is 0 Å². The fourth-order valence-electron chi connectivity index (χ4n) is 2.07. The van der Waals surface area contributed by atoms with Crippen molar-refractivity contribution in [3.05, 3.63) is 15.6 Å². The molecule has 0 atom stereocenters. The molecule has 0 amide bonds. The molecule has 1 aromatic rings. The van der Waals surface area contributed by atoms with Gasteiger partial charge in [-0.3, -0.25) is 0 Å². The Labute approximate surface area is 99.3 Å². The Hall–Kier alpha value is -0.460. The molecule has 2 rings (SSSR count). The highest BCUT2D eigenvalue weighted by Crippen LogP contribution is 2.32. The maximum Gasteiger partial charge on any atom is 0.150 e. The van der Waals surface area contributed by atoms with Crippen molar-refractivity contribution < 1.29 is 13.5 Å². The highest BCUT2D eigenvalue weighted by atomic mass is 32.2. The van der Waals surface area contributed by atoms with Crippen LogP contribution in [0.1, 0.15) is 34.3 Å². The van der Waals surface area contributed by atoms with Crippen LogP contribution in [-0.2, 0) is 16.4 Å². The van der Waals surface area contributed by atoms with E-state index in [0.717, 1.165) is 15.6 Å². The number of aromatic nitrogens is 1. The van der Waals surface area contributed by atoms with Crippen LogP contribution in [0.2, 0.25) is 0 Å². The van der Waals surface area contributed by atoms with Gasteiger partial charge in [0.25, 0.3) is 0 Å². The molecule has 0 unspecified atom stereocenters. The first-order valence-electron chi connectivity index (χ1n) is 5.29. The van der Waals surface area contributed by atoms with Gasteiger partial charge in [-0.2, -0.15) is 0 Å². The summed E-state index contributed by atoms with van der Waals surface area (Å²) >= 11 is 1.50. The summed E-state index contributed by atoms with van der Waals surface area (Å²) in [7, 11) is -2.81. The fourth-order valence-corrected chi connectivity index (χ4v) is 4.44. The van der Waals surface area contributed by atoms with Gasteiger partial charge < -0.3 is 5.11 Å². The predicted molar refractivity (Wildman–Crippen MR) is 63.4 cm³/mol. The van der Waals surface area contributed by atoms with Crippen LogP contribution >= 0.6 is 11.3 Å². The third-order valence-electron chi connectivity index (χ3n) is 2.95. The molecule has 6 heteroatoms. The average molecular weight is 261 g/mol. The van der Waals surface area contributed by atoms with Gasteiger partial charge in [-0.25, -0.2) is 13.4 Å². The lowest BCUT2D eigenvalue weighted by molar-refractivity contribution is 0.280. The van der Waals surface area contributed by atoms with Crippen LogP contribution in [0, 0.1) is 6.92 Å². The molecule has 0 saturated carbocycles. The number of aliphatic hydroxyl groups excluding tert-OH is 1. The van der Waals surface area contributed by atoms with Gasteiger partial charge in [0.2, 0.25) is 0 Å². The normalized spacial score (nSPS) is 21.1. The molecular formula is C10H15NO3S2. The summed E-state index contributed by atoms with van der Waals surface area (Å²) in [4.78, 5) is 5.48. The van der Waals surface area contributed by atoms with Gasteiger partial charge in [0.1, 0.15) is 14.8 Å². The van der Waals surface area contributed by atoms with Crippen molar-refractivity contribution in [2.75, 3.05) is 11.5 Å². The second kappa shape index (κ2) is 4.43. The molecule has 90 valence electrons. The summed E-state index contributed by atoms with van der Waals surface area (Å²) in [5.41, 5.74) is 0.990. The van der Waals surface area contributed by atoms with Gasteiger partial charge in [0.05, 0.1) is 23.8 Å². The maximum atomic E-state index is 11.3. The van der Waals surface area contributed by atoms with E-state index < -0.39 is 9.84 Å². The number of hydrogen-bond donors (Lipinski definition) is 1. The molecule has 16 heavy (non-hydrogen) atoms. The average Bonchev–Trinajstić information content (AvgIpc) is 2.60. The van der Waals surface area contributed by atoms with Crippen molar-refractivity contribution in [2.45, 2.75) is 32.3 Å². The van der Waals surface area contributed by atoms with Crippen LogP contribution in [0.5, 0.6) is 0 Å². The summed E-state index contributed by atoms with van der Waals surface area (Å²) in [6, 6.07) is 0. The summed E-state index contributed by atoms with van der Waals surface area (Å²) in [6.07, 6.45) is 1.33. The Morgan fingerprint density at radius 1 is 1.44 bits per heavy atom. The second-order valence-electron chi connectivity index (χ2n) is 4.13. The van der Waals surface area contributed by atoms with E-state index in [2.05, 4.69) is 4.98 Å². The molecule has 1 aliphatic heterocycles. The second-order valence-corrected chi connectivity index (χ2v) is 7.72. The van der Waals surface area contributed by atoms with Crippen LogP contribution in [0.3, 0.4) is 0 Å². The van der Waals surface area contributed by atoms with Gasteiger partial charge in [-0.1, -0.05) is 0 Å². The van der Waals surface area contributed by atoms with Crippen molar-refractivity contribution in [1.82, 2.24) is 4.98 Å². The molecule has 0 aliphatic carbocycles. The van der Waals surface area contributed by atoms with Crippen LogP contribution in [0.15, 0.2) is 0 Å². The van der Waals surface area contributed by atoms with Crippen LogP contribution in [0.25, 0.3) is 0 Å². The molecule has 1 aliphatic rings. The van der Waals surface area contributed by atoms with Crippen molar-refractivity contribution in [1.29, 1.82) is 0 Å². The van der Waals surface area contributed by atoms with E-state index in [1.165, 1.54) is 11.3 Å². The summed E-state index contributed by atoms with van der Waals surface area (Å²) in [5.74, 6) is 0.784. The Morgan fingerprint density at radius 2 is 2.06 bits per heavy atom. The quantitative estimate of drug-likeness (QED) is 0.869. The number of aryl methyl sites for hydroxylation is 1. The zero-order chi connectivity index (χ0) is 11.8. The molecule has 0 radical (unpaired) electrons. The zero-order valence-electron chi connectivity index (χ0n) is 9.14. The Balaban J connectivity index is 2.16. The number of rotatable bonds is 2. The smallest absolute Gasteiger partial charge is 0.150 e. The summed E-state index contributed by atoms with van der Waals surface area (Å²) < 4.78 is 22.6. The molecule has 4 nitrogen and oxygen atoms in total. The Kier molecular flexibility index (Phi) is 3.32. The first-order valence-corrected chi connectivity index (χ1v) is 7.93. The summed E-state index contributed by atoms with van der Waals surface area (Å²) in [6.45, 7) is 1.95. The SMILES string of the molecule is Cc1sc(CO)nc1C1CCS(=O)(=O)CC1. The third kappa shape index (κ3) is 2.44. The zero-order valence-corrected chi connectivity index (χ0v) is 10.8. The van der Waals surface area contributed by atoms with Gasteiger partial charge in [-0.05, 0) is 19.8 Å². The molecule has 2 heterocycles. The van der Waals surface area contributed by atoms with E-state index in [-0.39, 0.29) is 24.0 Å². The lowest BCUT2D eigenvalue weighted by Gasteiger charge is -2.20. The van der Waals surface area contributed by atoms with E-state index in [9.17, 15) is 8.42 Å². The highest BCUT2D eigenvalue weighted by Gasteiger charge is 2.27. The molecule has 0 bridgehead atoms. The standard InChI is InChI=1S/C10H15NO3S2/c1-7-10(11-9(6-12)15-7)8-2-4-16(13,14)5-3-8/h8,12H,2-6H2,1H3. The minimum atomic E-state index is -2.81. The predicted octanol–water partition coefficient (Wildman–Crippen LogP) is 1.24. The lowest BCUT2D eigenvalue weighted by atomic mass is 9.98. The van der Waals surface area contributed by atoms with Gasteiger partial charge in [0.15, 0.2) is 0 Å². The van der Waals surface area contributed by atoms with E-state index in [0.29, 0.717) is 12.8 Å². The minimum absolute atomic E-state index is 0.0312. The topological polar surface area (TPSA) is 67.3 Å². The van der Waals surface area contributed by atoms with Crippen LogP contribution in [-0.4, -0.2) is 30.0 Å². The van der Waals surface area contributed by atoms with Crippen LogP contribution < -0.4 is 0 Å². The number of sulfone groups is 1. The van der Waals surface area contributed by atoms with Gasteiger partial charge in [0, 0.05) is 10.8 Å². The van der Waals surface area contributed by atoms with E-state index in [1.54, 1.807) is 0 Å². The van der Waals surface area contributed by atoms with Gasteiger partial charge in [-0.15, -0.1) is 11.3 Å². The molecule has 0 aromatic carbocycles. The van der Waals surface area contributed by atoms with Crippen LogP contribution in [0.4, 0.5) is 0 Å². The number of nitrogens with zero attached hydrogens (tertiary/aromatic N) is 1. The third-order valence-corrected chi connectivity index (χ3v) is 5.64. The first kappa shape index (κ1) is 12.0. The molecule has 1 fully saturated rings. The lowest BCUT2D eigenvalue weighted by Crippen LogP contribution is -2.22. The summed E-state index contributed by atoms with van der Waals surface area (Å²) in [5, 5.41) is 9.73. The van der Waals surface area contributed by atoms with E-state index >= 15 is 0 Å². The van der Waals surface area contributed by atoms with E-state index in [4.69, 9.17) is 5.11 Å². The maximum absolute atomic E-state index is 11.3. The van der Waals surface area contributed by atoms with Crippen molar-refractivity contribution in [3.63, 3.8) is 0 Å². The molecule has 1 N–H and O–H groups in total. The molecular weight excluding hydrogens is 246 g/mol. The monoisotopic (exact) mass is 261 g/mol. The number of aliphatic hydroxyl groups is 1. The highest BCUT2D eigenvalue weighted by molar-refractivity contribution is 7.91. The Morgan fingerprint density at radius 3 is 2.56 bits per heavy atom.